The number of hydrogen-bond donors (Lipinski definition) is 3. The van der Waals surface area contributed by atoms with Crippen LogP contribution in [-0.4, -0.2) is 35.4 Å². The lowest BCUT2D eigenvalue weighted by molar-refractivity contribution is -0.114. The summed E-state index contributed by atoms with van der Waals surface area (Å²) in [7, 11) is 0. The first-order valence-electron chi connectivity index (χ1n) is 4.91. The number of amides is 1. The van der Waals surface area contributed by atoms with Crippen molar-refractivity contribution >= 4 is 11.6 Å². The number of hydrogen-bond acceptors (Lipinski definition) is 4. The van der Waals surface area contributed by atoms with E-state index in [0.29, 0.717) is 11.4 Å². The molecule has 1 rings (SSSR count). The van der Waals surface area contributed by atoms with Gasteiger partial charge in [0.15, 0.2) is 0 Å². The first-order valence-corrected chi connectivity index (χ1v) is 4.91. The first-order chi connectivity index (χ1) is 7.61. The highest BCUT2D eigenvalue weighted by Gasteiger charge is 2.03. The van der Waals surface area contributed by atoms with E-state index in [-0.39, 0.29) is 19.1 Å². The quantitative estimate of drug-likeness (QED) is 0.676. The van der Waals surface area contributed by atoms with Gasteiger partial charge in [0.2, 0.25) is 5.91 Å². The Kier molecular flexibility index (Phi) is 4.75. The third kappa shape index (κ3) is 4.29. The van der Waals surface area contributed by atoms with E-state index in [1.807, 2.05) is 0 Å². The average molecular weight is 225 g/mol. The number of aliphatic hydroxyl groups is 2. The van der Waals surface area contributed by atoms with E-state index >= 15 is 0 Å². The maximum absolute atomic E-state index is 10.7. The molecule has 5 nitrogen and oxygen atoms in total. The lowest BCUT2D eigenvalue weighted by atomic mass is 10.3. The number of carbonyl (C=O) groups excluding carboxylic acids is 1. The van der Waals surface area contributed by atoms with Crippen molar-refractivity contribution in [2.75, 3.05) is 18.5 Å². The molecule has 1 aromatic carbocycles. The minimum absolute atomic E-state index is 0.0377. The molecule has 0 unspecified atom stereocenters. The Bertz CT molecular complexity index is 336. The van der Waals surface area contributed by atoms with Crippen LogP contribution in [0, 0.1) is 0 Å². The molecule has 0 fully saturated rings. The molecule has 0 aromatic heterocycles. The molecule has 0 aliphatic rings. The zero-order valence-electron chi connectivity index (χ0n) is 9.01. The van der Waals surface area contributed by atoms with Gasteiger partial charge in [-0.25, -0.2) is 0 Å². The number of nitrogens with one attached hydrogen (secondary N) is 1. The Morgan fingerprint density at radius 3 is 2.56 bits per heavy atom. The Morgan fingerprint density at radius 1 is 1.44 bits per heavy atom. The van der Waals surface area contributed by atoms with Gasteiger partial charge in [-0.15, -0.1) is 0 Å². The van der Waals surface area contributed by atoms with Gasteiger partial charge in [0.25, 0.3) is 0 Å². The maximum Gasteiger partial charge on any atom is 0.221 e. The number of carbonyl (C=O) groups is 1. The monoisotopic (exact) mass is 225 g/mol. The van der Waals surface area contributed by atoms with Crippen LogP contribution in [0.15, 0.2) is 24.3 Å². The van der Waals surface area contributed by atoms with Gasteiger partial charge in [-0.1, -0.05) is 0 Å². The van der Waals surface area contributed by atoms with Crippen molar-refractivity contribution in [3.8, 4) is 5.75 Å². The van der Waals surface area contributed by atoms with Crippen LogP contribution in [0.5, 0.6) is 5.75 Å². The van der Waals surface area contributed by atoms with Crippen molar-refractivity contribution in [3.05, 3.63) is 24.3 Å². The van der Waals surface area contributed by atoms with Crippen molar-refractivity contribution in [2.24, 2.45) is 0 Å². The molecule has 5 heteroatoms. The summed E-state index contributed by atoms with van der Waals surface area (Å²) in [4.78, 5) is 10.7. The molecule has 0 aliphatic heterocycles. The second-order valence-electron chi connectivity index (χ2n) is 3.35. The van der Waals surface area contributed by atoms with E-state index in [2.05, 4.69) is 5.32 Å². The summed E-state index contributed by atoms with van der Waals surface area (Å²) in [5, 5.41) is 20.3. The number of anilines is 1. The molecule has 0 heterocycles. The number of ether oxygens (including phenoxy) is 1. The Balaban J connectivity index is 2.48. The molecule has 88 valence electrons. The molecule has 0 radical (unpaired) electrons. The summed E-state index contributed by atoms with van der Waals surface area (Å²) in [6.45, 7) is 1.14. The summed E-state index contributed by atoms with van der Waals surface area (Å²) < 4.78 is 5.20. The van der Waals surface area contributed by atoms with Crippen molar-refractivity contribution in [2.45, 2.75) is 13.0 Å². The van der Waals surface area contributed by atoms with Gasteiger partial charge in [-0.3, -0.25) is 4.79 Å². The molecule has 1 aromatic rings. The molecule has 1 amide bonds. The molecule has 3 N–H and O–H groups in total. The van der Waals surface area contributed by atoms with Gasteiger partial charge in [-0.05, 0) is 24.3 Å². The molecule has 16 heavy (non-hydrogen) atoms. The average Bonchev–Trinajstić information content (AvgIpc) is 2.27. The zero-order valence-corrected chi connectivity index (χ0v) is 9.01. The van der Waals surface area contributed by atoms with Gasteiger partial charge in [0.05, 0.1) is 6.61 Å². The molecule has 0 saturated heterocycles. The standard InChI is InChI=1S/C11H15NO4/c1-8(14)12-9-2-4-11(5-3-9)16-7-10(15)6-13/h2-5,10,13,15H,6-7H2,1H3,(H,12,14)/t10-/m0/s1. The van der Waals surface area contributed by atoms with Crippen LogP contribution in [0.25, 0.3) is 0 Å². The predicted molar refractivity (Wildman–Crippen MR) is 59.3 cm³/mol. The largest absolute Gasteiger partial charge is 0.491 e. The van der Waals surface area contributed by atoms with Gasteiger partial charge >= 0.3 is 0 Å². The Morgan fingerprint density at radius 2 is 2.06 bits per heavy atom. The number of aliphatic hydroxyl groups excluding tert-OH is 2. The fourth-order valence-electron chi connectivity index (χ4n) is 1.08. The summed E-state index contributed by atoms with van der Waals surface area (Å²) in [6, 6.07) is 6.74. The van der Waals surface area contributed by atoms with Crippen LogP contribution in [0.4, 0.5) is 5.69 Å². The van der Waals surface area contributed by atoms with Crippen LogP contribution in [0.3, 0.4) is 0 Å². The second kappa shape index (κ2) is 6.09. The molecule has 0 aliphatic carbocycles. The van der Waals surface area contributed by atoms with Gasteiger partial charge < -0.3 is 20.3 Å². The van der Waals surface area contributed by atoms with E-state index < -0.39 is 6.10 Å². The van der Waals surface area contributed by atoms with Crippen LogP contribution in [0.2, 0.25) is 0 Å². The van der Waals surface area contributed by atoms with E-state index in [4.69, 9.17) is 14.9 Å². The van der Waals surface area contributed by atoms with E-state index in [1.165, 1.54) is 6.92 Å². The molecule has 0 bridgehead atoms. The van der Waals surface area contributed by atoms with Crippen molar-refractivity contribution < 1.29 is 19.7 Å². The van der Waals surface area contributed by atoms with Gasteiger partial charge in [0, 0.05) is 12.6 Å². The first kappa shape index (κ1) is 12.5. The minimum atomic E-state index is -0.880. The minimum Gasteiger partial charge on any atom is -0.491 e. The molecular weight excluding hydrogens is 210 g/mol. The zero-order chi connectivity index (χ0) is 12.0. The van der Waals surface area contributed by atoms with Gasteiger partial charge in [-0.2, -0.15) is 0 Å². The van der Waals surface area contributed by atoms with E-state index in [0.717, 1.165) is 0 Å². The van der Waals surface area contributed by atoms with Crippen LogP contribution >= 0.6 is 0 Å². The van der Waals surface area contributed by atoms with Crippen molar-refractivity contribution in [3.63, 3.8) is 0 Å². The smallest absolute Gasteiger partial charge is 0.221 e. The Labute approximate surface area is 93.7 Å². The number of rotatable bonds is 5. The normalized spacial score (nSPS) is 11.9. The van der Waals surface area contributed by atoms with Crippen LogP contribution in [0.1, 0.15) is 6.92 Å². The van der Waals surface area contributed by atoms with Crippen LogP contribution < -0.4 is 10.1 Å². The SMILES string of the molecule is CC(=O)Nc1ccc(OC[C@@H](O)CO)cc1. The molecule has 1 atom stereocenters. The van der Waals surface area contributed by atoms with Crippen molar-refractivity contribution in [1.29, 1.82) is 0 Å². The summed E-state index contributed by atoms with van der Waals surface area (Å²) in [5.74, 6) is 0.436. The second-order valence-corrected chi connectivity index (χ2v) is 3.35. The van der Waals surface area contributed by atoms with Gasteiger partial charge in [0.1, 0.15) is 18.5 Å². The maximum atomic E-state index is 10.7. The number of benzene rings is 1. The third-order valence-corrected chi connectivity index (χ3v) is 1.83. The highest BCUT2D eigenvalue weighted by atomic mass is 16.5. The summed E-state index contributed by atoms with van der Waals surface area (Å²) in [5.41, 5.74) is 0.683. The summed E-state index contributed by atoms with van der Waals surface area (Å²) in [6.07, 6.45) is -0.880. The highest BCUT2D eigenvalue weighted by Crippen LogP contribution is 2.15. The van der Waals surface area contributed by atoms with E-state index in [9.17, 15) is 4.79 Å². The highest BCUT2D eigenvalue weighted by molar-refractivity contribution is 5.88. The molecule has 0 spiro atoms. The molecule has 0 saturated carbocycles. The van der Waals surface area contributed by atoms with Crippen LogP contribution in [-0.2, 0) is 4.79 Å². The van der Waals surface area contributed by atoms with Crippen molar-refractivity contribution in [1.82, 2.24) is 0 Å². The van der Waals surface area contributed by atoms with E-state index in [1.54, 1.807) is 24.3 Å². The topological polar surface area (TPSA) is 78.8 Å². The fraction of sp³-hybridized carbons (Fsp3) is 0.364. The fourth-order valence-corrected chi connectivity index (χ4v) is 1.08. The lowest BCUT2D eigenvalue weighted by Crippen LogP contribution is -2.21. The predicted octanol–water partition coefficient (Wildman–Crippen LogP) is 0.377. The summed E-state index contributed by atoms with van der Waals surface area (Å²) >= 11 is 0. The molecular formula is C11H15NO4. The lowest BCUT2D eigenvalue weighted by Gasteiger charge is -2.10. The Hall–Kier alpha value is -1.59. The third-order valence-electron chi connectivity index (χ3n) is 1.83.